The molecule has 0 fully saturated rings. The van der Waals surface area contributed by atoms with E-state index in [0.29, 0.717) is 6.61 Å². The minimum atomic E-state index is 0.110. The molecule has 1 nitrogen and oxygen atoms in total. The van der Waals surface area contributed by atoms with Crippen LogP contribution in [0.4, 0.5) is 0 Å². The molecule has 1 heteroatoms. The van der Waals surface area contributed by atoms with Crippen LogP contribution >= 0.6 is 0 Å². The van der Waals surface area contributed by atoms with E-state index in [1.54, 1.807) is 0 Å². The maximum absolute atomic E-state index is 6.23. The number of ether oxygens (including phenoxy) is 1. The molecule has 0 unspecified atom stereocenters. The molecule has 0 saturated carbocycles. The highest BCUT2D eigenvalue weighted by Crippen LogP contribution is 2.34. The second-order valence-electron chi connectivity index (χ2n) is 5.26. The van der Waals surface area contributed by atoms with Gasteiger partial charge in [0.05, 0.1) is 6.61 Å². The van der Waals surface area contributed by atoms with Gasteiger partial charge in [0, 0.05) is 0 Å². The van der Waals surface area contributed by atoms with E-state index in [9.17, 15) is 0 Å². The van der Waals surface area contributed by atoms with Gasteiger partial charge in [-0.2, -0.15) is 0 Å². The third-order valence-electron chi connectivity index (χ3n) is 3.77. The fourth-order valence-electron chi connectivity index (χ4n) is 2.73. The molecule has 0 aliphatic heterocycles. The van der Waals surface area contributed by atoms with Gasteiger partial charge in [0.1, 0.15) is 6.10 Å². The van der Waals surface area contributed by atoms with Crippen LogP contribution in [0.15, 0.2) is 72.3 Å². The molecular formula is C19H20O. The van der Waals surface area contributed by atoms with Crippen molar-refractivity contribution in [3.63, 3.8) is 0 Å². The third-order valence-corrected chi connectivity index (χ3v) is 3.77. The summed E-state index contributed by atoms with van der Waals surface area (Å²) in [6, 6.07) is 20.9. The van der Waals surface area contributed by atoms with Crippen LogP contribution in [0.3, 0.4) is 0 Å². The maximum atomic E-state index is 6.23. The Bertz CT molecular complexity index is 557. The first-order chi connectivity index (χ1) is 9.93. The lowest BCUT2D eigenvalue weighted by Gasteiger charge is -2.20. The summed E-state index contributed by atoms with van der Waals surface area (Å²) in [5, 5.41) is 0. The fourth-order valence-corrected chi connectivity index (χ4v) is 2.73. The van der Waals surface area contributed by atoms with Gasteiger partial charge in [-0.15, -0.1) is 0 Å². The van der Waals surface area contributed by atoms with Crippen LogP contribution in [0.1, 0.15) is 36.5 Å². The van der Waals surface area contributed by atoms with E-state index < -0.39 is 0 Å². The Labute approximate surface area is 120 Å². The van der Waals surface area contributed by atoms with Gasteiger partial charge in [-0.25, -0.2) is 0 Å². The van der Waals surface area contributed by atoms with Crippen LogP contribution in [0.25, 0.3) is 0 Å². The van der Waals surface area contributed by atoms with Gasteiger partial charge in [-0.3, -0.25) is 0 Å². The standard InChI is InChI=1S/C19H20O/c1-3-9-16(10-4-1)15-20-19(18-13-7-8-14-18)17-11-5-2-6-12-17/h1-6,9-13,19H,7-8,14-15H2/t19-/m0/s1. The largest absolute Gasteiger partial charge is 0.364 e. The molecule has 0 heterocycles. The number of hydrogen-bond donors (Lipinski definition) is 0. The Hall–Kier alpha value is -1.86. The van der Waals surface area contributed by atoms with Crippen LogP contribution in [0, 0.1) is 0 Å². The van der Waals surface area contributed by atoms with Gasteiger partial charge < -0.3 is 4.74 Å². The van der Waals surface area contributed by atoms with E-state index >= 15 is 0 Å². The highest BCUT2D eigenvalue weighted by Gasteiger charge is 2.19. The number of rotatable bonds is 5. The molecular weight excluding hydrogens is 244 g/mol. The number of allylic oxidation sites excluding steroid dienone is 1. The molecule has 0 N–H and O–H groups in total. The zero-order chi connectivity index (χ0) is 13.6. The zero-order valence-electron chi connectivity index (χ0n) is 11.7. The Morgan fingerprint density at radius 2 is 1.60 bits per heavy atom. The quantitative estimate of drug-likeness (QED) is 0.686. The van der Waals surface area contributed by atoms with Crippen molar-refractivity contribution in [3.05, 3.63) is 83.4 Å². The lowest BCUT2D eigenvalue weighted by atomic mass is 10.0. The van der Waals surface area contributed by atoms with E-state index in [0.717, 1.165) is 6.42 Å². The lowest BCUT2D eigenvalue weighted by Crippen LogP contribution is -2.06. The first-order valence-corrected chi connectivity index (χ1v) is 7.33. The summed E-state index contributed by atoms with van der Waals surface area (Å²) in [7, 11) is 0. The van der Waals surface area contributed by atoms with Crippen molar-refractivity contribution in [2.75, 3.05) is 0 Å². The van der Waals surface area contributed by atoms with Gasteiger partial charge in [-0.05, 0) is 36.0 Å². The Kier molecular flexibility index (Phi) is 4.29. The minimum absolute atomic E-state index is 0.110. The van der Waals surface area contributed by atoms with E-state index in [-0.39, 0.29) is 6.10 Å². The van der Waals surface area contributed by atoms with Gasteiger partial charge >= 0.3 is 0 Å². The van der Waals surface area contributed by atoms with Crippen LogP contribution in [-0.4, -0.2) is 0 Å². The molecule has 0 aromatic heterocycles. The molecule has 0 amide bonds. The summed E-state index contributed by atoms with van der Waals surface area (Å²) < 4.78 is 6.23. The van der Waals surface area contributed by atoms with Gasteiger partial charge in [0.25, 0.3) is 0 Å². The number of benzene rings is 2. The molecule has 102 valence electrons. The van der Waals surface area contributed by atoms with Gasteiger partial charge in [0.15, 0.2) is 0 Å². The van der Waals surface area contributed by atoms with Crippen molar-refractivity contribution < 1.29 is 4.74 Å². The molecule has 0 spiro atoms. The minimum Gasteiger partial charge on any atom is -0.364 e. The third kappa shape index (κ3) is 3.17. The average molecular weight is 264 g/mol. The van der Waals surface area contributed by atoms with E-state index in [1.807, 2.05) is 6.07 Å². The SMILES string of the molecule is C1=C([C@@H](OCc2ccccc2)c2ccccc2)CCC1. The monoisotopic (exact) mass is 264 g/mol. The molecule has 20 heavy (non-hydrogen) atoms. The van der Waals surface area contributed by atoms with Crippen LogP contribution in [0.5, 0.6) is 0 Å². The van der Waals surface area contributed by atoms with Crippen molar-refractivity contribution in [3.8, 4) is 0 Å². The van der Waals surface area contributed by atoms with Crippen molar-refractivity contribution in [1.29, 1.82) is 0 Å². The molecule has 0 radical (unpaired) electrons. The summed E-state index contributed by atoms with van der Waals surface area (Å²) in [6.45, 7) is 0.664. The summed E-state index contributed by atoms with van der Waals surface area (Å²) in [5.74, 6) is 0. The van der Waals surface area contributed by atoms with Crippen molar-refractivity contribution in [2.45, 2.75) is 32.0 Å². The Balaban J connectivity index is 1.76. The van der Waals surface area contributed by atoms with Crippen molar-refractivity contribution in [2.24, 2.45) is 0 Å². The second-order valence-corrected chi connectivity index (χ2v) is 5.26. The summed E-state index contributed by atoms with van der Waals surface area (Å²) in [6.07, 6.45) is 6.07. The molecule has 0 bridgehead atoms. The second kappa shape index (κ2) is 6.53. The van der Waals surface area contributed by atoms with Crippen molar-refractivity contribution >= 4 is 0 Å². The van der Waals surface area contributed by atoms with Crippen LogP contribution < -0.4 is 0 Å². The van der Waals surface area contributed by atoms with E-state index in [1.165, 1.54) is 29.5 Å². The highest BCUT2D eigenvalue weighted by atomic mass is 16.5. The van der Waals surface area contributed by atoms with Gasteiger partial charge in [-0.1, -0.05) is 66.7 Å². The van der Waals surface area contributed by atoms with Crippen molar-refractivity contribution in [1.82, 2.24) is 0 Å². The molecule has 1 atom stereocenters. The van der Waals surface area contributed by atoms with Crippen LogP contribution in [0.2, 0.25) is 0 Å². The molecule has 2 aromatic carbocycles. The molecule has 3 rings (SSSR count). The molecule has 2 aromatic rings. The molecule has 1 aliphatic carbocycles. The molecule has 0 saturated heterocycles. The normalized spacial score (nSPS) is 15.9. The lowest BCUT2D eigenvalue weighted by molar-refractivity contribution is 0.0625. The average Bonchev–Trinajstić information content (AvgIpc) is 3.04. The first-order valence-electron chi connectivity index (χ1n) is 7.33. The van der Waals surface area contributed by atoms with E-state index in [4.69, 9.17) is 4.74 Å². The smallest absolute Gasteiger partial charge is 0.104 e. The first kappa shape index (κ1) is 13.1. The van der Waals surface area contributed by atoms with E-state index in [2.05, 4.69) is 60.7 Å². The summed E-state index contributed by atoms with van der Waals surface area (Å²) >= 11 is 0. The maximum Gasteiger partial charge on any atom is 0.104 e. The predicted molar refractivity (Wildman–Crippen MR) is 82.3 cm³/mol. The van der Waals surface area contributed by atoms with Gasteiger partial charge in [0.2, 0.25) is 0 Å². The summed E-state index contributed by atoms with van der Waals surface area (Å²) in [4.78, 5) is 0. The predicted octanol–water partition coefficient (Wildman–Crippen LogP) is 5.05. The Morgan fingerprint density at radius 1 is 0.900 bits per heavy atom. The van der Waals surface area contributed by atoms with Crippen LogP contribution in [-0.2, 0) is 11.3 Å². The number of hydrogen-bond acceptors (Lipinski definition) is 1. The Morgan fingerprint density at radius 3 is 2.25 bits per heavy atom. The fraction of sp³-hybridized carbons (Fsp3) is 0.263. The zero-order valence-corrected chi connectivity index (χ0v) is 11.7. The summed E-state index contributed by atoms with van der Waals surface area (Å²) in [5.41, 5.74) is 3.93. The highest BCUT2D eigenvalue weighted by molar-refractivity contribution is 5.28. The topological polar surface area (TPSA) is 9.23 Å². The molecule has 1 aliphatic rings.